The number of aromatic carboxylic acids is 1. The zero-order valence-corrected chi connectivity index (χ0v) is 11.7. The number of hydrogen-bond donors (Lipinski definition) is 2. The number of anilines is 1. The summed E-state index contributed by atoms with van der Waals surface area (Å²) in [6.45, 7) is 1.70. The number of amides is 1. The molecule has 2 aromatic rings. The maximum atomic E-state index is 11.9. The predicted molar refractivity (Wildman–Crippen MR) is 79.3 cm³/mol. The summed E-state index contributed by atoms with van der Waals surface area (Å²) >= 11 is 0. The van der Waals surface area contributed by atoms with Gasteiger partial charge in [0.15, 0.2) is 0 Å². The molecule has 0 saturated heterocycles. The third-order valence-electron chi connectivity index (χ3n) is 3.13. The van der Waals surface area contributed by atoms with Gasteiger partial charge in [0.25, 0.3) is 0 Å². The van der Waals surface area contributed by atoms with Crippen molar-refractivity contribution in [1.29, 1.82) is 0 Å². The fourth-order valence-corrected chi connectivity index (χ4v) is 2.01. The number of carbonyl (C=O) groups excluding carboxylic acids is 1. The highest BCUT2D eigenvalue weighted by Gasteiger charge is 2.09. The normalized spacial score (nSPS) is 10.1. The summed E-state index contributed by atoms with van der Waals surface area (Å²) < 4.78 is 0. The third kappa shape index (κ3) is 4.14. The van der Waals surface area contributed by atoms with Crippen LogP contribution in [0.3, 0.4) is 0 Å². The van der Waals surface area contributed by atoms with Crippen molar-refractivity contribution in [2.75, 3.05) is 5.32 Å². The summed E-state index contributed by atoms with van der Waals surface area (Å²) in [7, 11) is 0. The summed E-state index contributed by atoms with van der Waals surface area (Å²) in [5.41, 5.74) is 2.52. The van der Waals surface area contributed by atoms with Crippen molar-refractivity contribution in [3.05, 3.63) is 59.4 Å². The molecular formula is C16H16N2O3. The zero-order valence-electron chi connectivity index (χ0n) is 11.7. The van der Waals surface area contributed by atoms with Crippen molar-refractivity contribution in [3.8, 4) is 0 Å². The van der Waals surface area contributed by atoms with Crippen LogP contribution in [0.4, 0.5) is 5.69 Å². The minimum absolute atomic E-state index is 0.103. The average molecular weight is 284 g/mol. The number of pyridine rings is 1. The Morgan fingerprint density at radius 3 is 2.52 bits per heavy atom. The van der Waals surface area contributed by atoms with Gasteiger partial charge in [0, 0.05) is 24.5 Å². The number of rotatable bonds is 5. The minimum Gasteiger partial charge on any atom is -0.478 e. The first-order valence-electron chi connectivity index (χ1n) is 6.59. The maximum Gasteiger partial charge on any atom is 0.335 e. The van der Waals surface area contributed by atoms with Gasteiger partial charge in [-0.2, -0.15) is 0 Å². The molecule has 0 aliphatic rings. The molecule has 1 aromatic heterocycles. The van der Waals surface area contributed by atoms with Gasteiger partial charge in [-0.15, -0.1) is 0 Å². The van der Waals surface area contributed by atoms with E-state index in [2.05, 4.69) is 10.3 Å². The van der Waals surface area contributed by atoms with E-state index < -0.39 is 5.97 Å². The molecule has 0 saturated carbocycles. The SMILES string of the molecule is Cc1cc(NC(=O)CCc2ccncc2)ccc1C(=O)O. The van der Waals surface area contributed by atoms with E-state index in [0.717, 1.165) is 5.56 Å². The van der Waals surface area contributed by atoms with E-state index in [0.29, 0.717) is 24.1 Å². The van der Waals surface area contributed by atoms with Gasteiger partial charge in [-0.05, 0) is 54.8 Å². The standard InChI is InChI=1S/C16H16N2O3/c1-11-10-13(3-4-14(11)16(20)21)18-15(19)5-2-12-6-8-17-9-7-12/h3-4,6-10H,2,5H2,1H3,(H,18,19)(H,20,21). The number of carboxylic acids is 1. The monoisotopic (exact) mass is 284 g/mol. The molecule has 0 radical (unpaired) electrons. The largest absolute Gasteiger partial charge is 0.478 e. The fraction of sp³-hybridized carbons (Fsp3) is 0.188. The van der Waals surface area contributed by atoms with Crippen LogP contribution in [0.2, 0.25) is 0 Å². The Kier molecular flexibility index (Phi) is 4.66. The molecule has 5 nitrogen and oxygen atoms in total. The Morgan fingerprint density at radius 1 is 1.19 bits per heavy atom. The number of aromatic nitrogens is 1. The smallest absolute Gasteiger partial charge is 0.335 e. The van der Waals surface area contributed by atoms with Crippen LogP contribution < -0.4 is 5.32 Å². The number of benzene rings is 1. The molecule has 2 rings (SSSR count). The van der Waals surface area contributed by atoms with Gasteiger partial charge in [-0.3, -0.25) is 9.78 Å². The second-order valence-electron chi connectivity index (χ2n) is 4.74. The van der Waals surface area contributed by atoms with Gasteiger partial charge in [-0.1, -0.05) is 0 Å². The van der Waals surface area contributed by atoms with Crippen LogP contribution in [0.5, 0.6) is 0 Å². The molecule has 0 unspecified atom stereocenters. The number of nitrogens with one attached hydrogen (secondary N) is 1. The number of carbonyl (C=O) groups is 2. The Balaban J connectivity index is 1.94. The van der Waals surface area contributed by atoms with Crippen molar-refractivity contribution in [2.24, 2.45) is 0 Å². The summed E-state index contributed by atoms with van der Waals surface area (Å²) in [4.78, 5) is 26.7. The van der Waals surface area contributed by atoms with Crippen molar-refractivity contribution in [1.82, 2.24) is 4.98 Å². The number of carboxylic acid groups (broad SMARTS) is 1. The lowest BCUT2D eigenvalue weighted by molar-refractivity contribution is -0.116. The van der Waals surface area contributed by atoms with E-state index in [1.54, 1.807) is 31.5 Å². The molecule has 21 heavy (non-hydrogen) atoms. The zero-order chi connectivity index (χ0) is 15.2. The van der Waals surface area contributed by atoms with Crippen molar-refractivity contribution in [3.63, 3.8) is 0 Å². The Morgan fingerprint density at radius 2 is 1.90 bits per heavy atom. The summed E-state index contributed by atoms with van der Waals surface area (Å²) in [5.74, 6) is -1.07. The van der Waals surface area contributed by atoms with Crippen LogP contribution in [0.1, 0.15) is 27.9 Å². The summed E-state index contributed by atoms with van der Waals surface area (Å²) in [6, 6.07) is 8.50. The lowest BCUT2D eigenvalue weighted by Crippen LogP contribution is -2.13. The molecule has 0 fully saturated rings. The molecule has 0 spiro atoms. The quantitative estimate of drug-likeness (QED) is 0.884. The van der Waals surface area contributed by atoms with E-state index in [1.807, 2.05) is 12.1 Å². The molecule has 1 amide bonds. The van der Waals surface area contributed by atoms with Crippen LogP contribution in [0.15, 0.2) is 42.7 Å². The first kappa shape index (κ1) is 14.7. The summed E-state index contributed by atoms with van der Waals surface area (Å²) in [5, 5.41) is 11.7. The molecule has 0 bridgehead atoms. The second-order valence-corrected chi connectivity index (χ2v) is 4.74. The molecular weight excluding hydrogens is 268 g/mol. The van der Waals surface area contributed by atoms with Crippen molar-refractivity contribution >= 4 is 17.6 Å². The lowest BCUT2D eigenvalue weighted by Gasteiger charge is -2.08. The molecule has 1 aromatic carbocycles. The van der Waals surface area contributed by atoms with Gasteiger partial charge in [0.2, 0.25) is 5.91 Å². The molecule has 2 N–H and O–H groups in total. The Labute approximate surface area is 122 Å². The van der Waals surface area contributed by atoms with E-state index in [-0.39, 0.29) is 11.5 Å². The molecule has 5 heteroatoms. The van der Waals surface area contributed by atoms with Crippen LogP contribution in [-0.4, -0.2) is 22.0 Å². The first-order chi connectivity index (χ1) is 10.1. The maximum absolute atomic E-state index is 11.9. The van der Waals surface area contributed by atoms with Crippen molar-refractivity contribution < 1.29 is 14.7 Å². The lowest BCUT2D eigenvalue weighted by atomic mass is 10.1. The van der Waals surface area contributed by atoms with E-state index in [9.17, 15) is 9.59 Å². The van der Waals surface area contributed by atoms with Gasteiger partial charge >= 0.3 is 5.97 Å². The highest BCUT2D eigenvalue weighted by molar-refractivity contribution is 5.93. The Bertz CT molecular complexity index is 654. The second kappa shape index (κ2) is 6.65. The number of hydrogen-bond acceptors (Lipinski definition) is 3. The number of nitrogens with zero attached hydrogens (tertiary/aromatic N) is 1. The number of aryl methyl sites for hydroxylation is 2. The predicted octanol–water partition coefficient (Wildman–Crippen LogP) is 2.66. The first-order valence-corrected chi connectivity index (χ1v) is 6.59. The van der Waals surface area contributed by atoms with E-state index in [4.69, 9.17) is 5.11 Å². The highest BCUT2D eigenvalue weighted by Crippen LogP contribution is 2.15. The van der Waals surface area contributed by atoms with Crippen LogP contribution in [0.25, 0.3) is 0 Å². The third-order valence-corrected chi connectivity index (χ3v) is 3.13. The van der Waals surface area contributed by atoms with Crippen LogP contribution in [0, 0.1) is 6.92 Å². The molecule has 1 heterocycles. The van der Waals surface area contributed by atoms with Gasteiger partial charge < -0.3 is 10.4 Å². The van der Waals surface area contributed by atoms with E-state index >= 15 is 0 Å². The molecule has 0 aliphatic carbocycles. The van der Waals surface area contributed by atoms with Gasteiger partial charge in [0.05, 0.1) is 5.56 Å². The van der Waals surface area contributed by atoms with Gasteiger partial charge in [0.1, 0.15) is 0 Å². The van der Waals surface area contributed by atoms with Crippen molar-refractivity contribution in [2.45, 2.75) is 19.8 Å². The molecule has 108 valence electrons. The highest BCUT2D eigenvalue weighted by atomic mass is 16.4. The fourth-order valence-electron chi connectivity index (χ4n) is 2.01. The minimum atomic E-state index is -0.969. The topological polar surface area (TPSA) is 79.3 Å². The van der Waals surface area contributed by atoms with E-state index in [1.165, 1.54) is 6.07 Å². The average Bonchev–Trinajstić information content (AvgIpc) is 2.46. The molecule has 0 atom stereocenters. The molecule has 0 aliphatic heterocycles. The Hall–Kier alpha value is -2.69. The van der Waals surface area contributed by atoms with Crippen LogP contribution in [-0.2, 0) is 11.2 Å². The summed E-state index contributed by atoms with van der Waals surface area (Å²) in [6.07, 6.45) is 4.40. The van der Waals surface area contributed by atoms with Gasteiger partial charge in [-0.25, -0.2) is 4.79 Å². The van der Waals surface area contributed by atoms with Crippen LogP contribution >= 0.6 is 0 Å².